The van der Waals surface area contributed by atoms with Gasteiger partial charge in [-0.15, -0.1) is 11.3 Å². The van der Waals surface area contributed by atoms with Crippen molar-refractivity contribution in [3.05, 3.63) is 11.1 Å². The lowest BCUT2D eigenvalue weighted by Crippen LogP contribution is -2.15. The van der Waals surface area contributed by atoms with Crippen molar-refractivity contribution in [3.8, 4) is 0 Å². The number of thioether (sulfide) groups is 1. The van der Waals surface area contributed by atoms with Crippen LogP contribution in [0.3, 0.4) is 0 Å². The summed E-state index contributed by atoms with van der Waals surface area (Å²) in [7, 11) is 0. The van der Waals surface area contributed by atoms with Gasteiger partial charge in [0, 0.05) is 22.9 Å². The molecule has 0 aromatic carbocycles. The summed E-state index contributed by atoms with van der Waals surface area (Å²) in [5, 5.41) is 2.08. The largest absolute Gasteiger partial charge is 0.328 e. The first kappa shape index (κ1) is 10.0. The normalized spacial score (nSPS) is 13.2. The van der Waals surface area contributed by atoms with Gasteiger partial charge in [-0.05, 0) is 20.3 Å². The fraction of sp³-hybridized carbons (Fsp3) is 0.625. The Kier molecular flexibility index (Phi) is 4.05. The number of aromatic nitrogens is 1. The lowest BCUT2D eigenvalue weighted by Gasteiger charge is -2.01. The highest BCUT2D eigenvalue weighted by Crippen LogP contribution is 2.22. The molecule has 1 rings (SSSR count). The zero-order valence-corrected chi connectivity index (χ0v) is 9.04. The predicted octanol–water partition coefficient (Wildman–Crippen LogP) is 2.28. The first-order valence-corrected chi connectivity index (χ1v) is 5.85. The van der Waals surface area contributed by atoms with Crippen LogP contribution in [0.25, 0.3) is 0 Å². The van der Waals surface area contributed by atoms with E-state index in [1.54, 1.807) is 23.1 Å². The first-order chi connectivity index (χ1) is 5.68. The van der Waals surface area contributed by atoms with Crippen LogP contribution in [0, 0.1) is 6.92 Å². The molecule has 1 unspecified atom stereocenters. The quantitative estimate of drug-likeness (QED) is 0.761. The molecule has 0 radical (unpaired) electrons. The Bertz CT molecular complexity index is 233. The van der Waals surface area contributed by atoms with E-state index >= 15 is 0 Å². The fourth-order valence-electron chi connectivity index (χ4n) is 0.731. The number of nitrogens with zero attached hydrogens (tertiary/aromatic N) is 1. The Morgan fingerprint density at radius 2 is 2.50 bits per heavy atom. The molecule has 0 bridgehead atoms. The van der Waals surface area contributed by atoms with Crippen LogP contribution in [0.2, 0.25) is 0 Å². The predicted molar refractivity (Wildman–Crippen MR) is 55.8 cm³/mol. The number of hydrogen-bond donors (Lipinski definition) is 1. The van der Waals surface area contributed by atoms with Crippen molar-refractivity contribution in [3.63, 3.8) is 0 Å². The van der Waals surface area contributed by atoms with Crippen molar-refractivity contribution in [1.82, 2.24) is 4.98 Å². The van der Waals surface area contributed by atoms with Gasteiger partial charge >= 0.3 is 0 Å². The maximum Gasteiger partial charge on any atom is 0.150 e. The molecule has 0 saturated carbocycles. The summed E-state index contributed by atoms with van der Waals surface area (Å²) in [6.45, 7) is 4.06. The molecule has 0 fully saturated rings. The third kappa shape index (κ3) is 3.56. The molecule has 2 nitrogen and oxygen atoms in total. The van der Waals surface area contributed by atoms with E-state index < -0.39 is 0 Å². The van der Waals surface area contributed by atoms with Crippen LogP contribution in [-0.4, -0.2) is 16.8 Å². The van der Waals surface area contributed by atoms with Gasteiger partial charge in [0.15, 0.2) is 0 Å². The van der Waals surface area contributed by atoms with Gasteiger partial charge in [-0.1, -0.05) is 11.8 Å². The smallest absolute Gasteiger partial charge is 0.150 e. The minimum atomic E-state index is 0.304. The summed E-state index contributed by atoms with van der Waals surface area (Å²) in [5.74, 6) is 1.07. The van der Waals surface area contributed by atoms with Crippen LogP contribution in [0.5, 0.6) is 0 Å². The van der Waals surface area contributed by atoms with Crippen molar-refractivity contribution in [1.29, 1.82) is 0 Å². The Morgan fingerprint density at radius 3 is 3.00 bits per heavy atom. The van der Waals surface area contributed by atoms with Gasteiger partial charge < -0.3 is 5.73 Å². The average molecular weight is 202 g/mol. The van der Waals surface area contributed by atoms with E-state index in [9.17, 15) is 0 Å². The Balaban J connectivity index is 2.24. The maximum atomic E-state index is 5.63. The molecule has 0 aliphatic heterocycles. The van der Waals surface area contributed by atoms with E-state index in [1.165, 1.54) is 0 Å². The maximum absolute atomic E-state index is 5.63. The molecule has 0 amide bonds. The summed E-state index contributed by atoms with van der Waals surface area (Å²) in [6.07, 6.45) is 1.06. The SMILES string of the molecule is Cc1csc(SCCC(C)N)n1. The van der Waals surface area contributed by atoms with Crippen molar-refractivity contribution in [2.45, 2.75) is 30.6 Å². The van der Waals surface area contributed by atoms with Crippen molar-refractivity contribution in [2.24, 2.45) is 5.73 Å². The molecule has 0 saturated heterocycles. The average Bonchev–Trinajstić information content (AvgIpc) is 2.35. The van der Waals surface area contributed by atoms with E-state index in [1.807, 2.05) is 13.8 Å². The molecule has 68 valence electrons. The molecule has 1 heterocycles. The van der Waals surface area contributed by atoms with E-state index in [-0.39, 0.29) is 0 Å². The van der Waals surface area contributed by atoms with E-state index in [0.29, 0.717) is 6.04 Å². The fourth-order valence-corrected chi connectivity index (χ4v) is 2.79. The molecule has 2 N–H and O–H groups in total. The molecule has 4 heteroatoms. The Morgan fingerprint density at radius 1 is 1.75 bits per heavy atom. The van der Waals surface area contributed by atoms with Gasteiger partial charge in [-0.2, -0.15) is 0 Å². The zero-order chi connectivity index (χ0) is 8.97. The summed E-state index contributed by atoms with van der Waals surface area (Å²) in [4.78, 5) is 4.35. The van der Waals surface area contributed by atoms with Crippen molar-refractivity contribution >= 4 is 23.1 Å². The van der Waals surface area contributed by atoms with Gasteiger partial charge in [-0.25, -0.2) is 4.98 Å². The zero-order valence-electron chi connectivity index (χ0n) is 7.41. The third-order valence-electron chi connectivity index (χ3n) is 1.40. The summed E-state index contributed by atoms with van der Waals surface area (Å²) in [5.41, 5.74) is 6.75. The Labute approximate surface area is 81.6 Å². The van der Waals surface area contributed by atoms with E-state index in [2.05, 4.69) is 10.4 Å². The minimum absolute atomic E-state index is 0.304. The molecule has 12 heavy (non-hydrogen) atoms. The van der Waals surface area contributed by atoms with Crippen molar-refractivity contribution in [2.75, 3.05) is 5.75 Å². The second-order valence-corrected chi connectivity index (χ2v) is 5.07. The van der Waals surface area contributed by atoms with Crippen LogP contribution in [0.4, 0.5) is 0 Å². The molecule has 1 aromatic heterocycles. The van der Waals surface area contributed by atoms with Gasteiger partial charge in [0.25, 0.3) is 0 Å². The van der Waals surface area contributed by atoms with Gasteiger partial charge in [0.05, 0.1) is 0 Å². The number of hydrogen-bond acceptors (Lipinski definition) is 4. The van der Waals surface area contributed by atoms with Crippen LogP contribution in [0.15, 0.2) is 9.72 Å². The van der Waals surface area contributed by atoms with Crippen LogP contribution >= 0.6 is 23.1 Å². The molecule has 0 aliphatic rings. The molecular formula is C8H14N2S2. The molecule has 1 aromatic rings. The van der Waals surface area contributed by atoms with E-state index in [0.717, 1.165) is 22.2 Å². The highest BCUT2D eigenvalue weighted by molar-refractivity contribution is 8.01. The Hall–Kier alpha value is -0.0600. The van der Waals surface area contributed by atoms with E-state index in [4.69, 9.17) is 5.73 Å². The lowest BCUT2D eigenvalue weighted by atomic mass is 10.3. The topological polar surface area (TPSA) is 38.9 Å². The molecule has 0 spiro atoms. The summed E-state index contributed by atoms with van der Waals surface area (Å²) >= 11 is 3.51. The van der Waals surface area contributed by atoms with Crippen LogP contribution in [0.1, 0.15) is 19.0 Å². The monoisotopic (exact) mass is 202 g/mol. The van der Waals surface area contributed by atoms with Crippen molar-refractivity contribution < 1.29 is 0 Å². The molecule has 0 aliphatic carbocycles. The molecule has 1 atom stereocenters. The van der Waals surface area contributed by atoms with Crippen LogP contribution in [-0.2, 0) is 0 Å². The number of nitrogens with two attached hydrogens (primary N) is 1. The van der Waals surface area contributed by atoms with Gasteiger partial charge in [-0.3, -0.25) is 0 Å². The summed E-state index contributed by atoms with van der Waals surface area (Å²) < 4.78 is 1.16. The highest BCUT2D eigenvalue weighted by atomic mass is 32.2. The lowest BCUT2D eigenvalue weighted by molar-refractivity contribution is 0.721. The first-order valence-electron chi connectivity index (χ1n) is 3.99. The number of thiazole rings is 1. The highest BCUT2D eigenvalue weighted by Gasteiger charge is 2.00. The minimum Gasteiger partial charge on any atom is -0.328 e. The van der Waals surface area contributed by atoms with Gasteiger partial charge in [0.2, 0.25) is 0 Å². The second kappa shape index (κ2) is 4.84. The number of aryl methyl sites for hydroxylation is 1. The van der Waals surface area contributed by atoms with Gasteiger partial charge in [0.1, 0.15) is 4.34 Å². The summed E-state index contributed by atoms with van der Waals surface area (Å²) in [6, 6.07) is 0.304. The van der Waals surface area contributed by atoms with Crippen LogP contribution < -0.4 is 5.73 Å². The second-order valence-electron chi connectivity index (χ2n) is 2.87. The third-order valence-corrected chi connectivity index (χ3v) is 3.57. The molecular weight excluding hydrogens is 188 g/mol. The number of rotatable bonds is 4. The standard InChI is InChI=1S/C8H14N2S2/c1-6(9)3-4-11-8-10-7(2)5-12-8/h5-6H,3-4,9H2,1-2H3.